The molecule has 17 heavy (non-hydrogen) atoms. The molecule has 0 saturated heterocycles. The summed E-state index contributed by atoms with van der Waals surface area (Å²) in [5.74, 6) is 0. The molecule has 2 aromatic heterocycles. The Morgan fingerprint density at radius 2 is 2.24 bits per heavy atom. The van der Waals surface area contributed by atoms with Crippen LogP contribution in [0.5, 0.6) is 0 Å². The maximum Gasteiger partial charge on any atom is 0.409 e. The number of hydrogen-bond acceptors (Lipinski definition) is 4. The first-order valence-corrected chi connectivity index (χ1v) is 5.00. The molecule has 0 unspecified atom stereocenters. The minimum atomic E-state index is -1.13. The van der Waals surface area contributed by atoms with Crippen LogP contribution in [0, 0.1) is 0 Å². The van der Waals surface area contributed by atoms with Crippen molar-refractivity contribution < 1.29 is 9.90 Å². The summed E-state index contributed by atoms with van der Waals surface area (Å²) in [5, 5.41) is 15.0. The van der Waals surface area contributed by atoms with Gasteiger partial charge in [0, 0.05) is 6.20 Å². The molecule has 0 bridgehead atoms. The molecule has 0 aliphatic carbocycles. The van der Waals surface area contributed by atoms with Crippen molar-refractivity contribution in [3.8, 4) is 0 Å². The first kappa shape index (κ1) is 11.3. The third kappa shape index (κ3) is 3.15. The van der Waals surface area contributed by atoms with Crippen LogP contribution in [0.1, 0.15) is 5.69 Å². The van der Waals surface area contributed by atoms with Gasteiger partial charge in [0.2, 0.25) is 0 Å². The summed E-state index contributed by atoms with van der Waals surface area (Å²) in [6.45, 7) is 0.394. The highest BCUT2D eigenvalue weighted by Crippen LogP contribution is 2.07. The molecule has 2 rings (SSSR count). The molecule has 2 N–H and O–H groups in total. The van der Waals surface area contributed by atoms with E-state index in [2.05, 4.69) is 20.4 Å². The van der Waals surface area contributed by atoms with E-state index in [4.69, 9.17) is 16.7 Å². The SMILES string of the molecule is O=C(O)Nc1cnn(Cc2cnc(Cl)cn2)c1. The number of halogens is 1. The minimum Gasteiger partial charge on any atom is -0.465 e. The van der Waals surface area contributed by atoms with Crippen molar-refractivity contribution in [1.29, 1.82) is 0 Å². The number of amides is 1. The fourth-order valence-corrected chi connectivity index (χ4v) is 1.32. The van der Waals surface area contributed by atoms with Gasteiger partial charge in [-0.3, -0.25) is 15.0 Å². The summed E-state index contributed by atoms with van der Waals surface area (Å²) in [6.07, 6.45) is 4.82. The van der Waals surface area contributed by atoms with Crippen molar-refractivity contribution >= 4 is 23.4 Å². The highest BCUT2D eigenvalue weighted by atomic mass is 35.5. The second-order valence-corrected chi connectivity index (χ2v) is 3.57. The average molecular weight is 254 g/mol. The van der Waals surface area contributed by atoms with Crippen LogP contribution in [0.4, 0.5) is 10.5 Å². The Bertz CT molecular complexity index is 524. The van der Waals surface area contributed by atoms with Crippen LogP contribution in [0.15, 0.2) is 24.8 Å². The van der Waals surface area contributed by atoms with E-state index in [0.717, 1.165) is 0 Å². The first-order valence-electron chi connectivity index (χ1n) is 4.62. The molecule has 88 valence electrons. The summed E-state index contributed by atoms with van der Waals surface area (Å²) < 4.78 is 1.54. The molecular formula is C9H8ClN5O2. The lowest BCUT2D eigenvalue weighted by atomic mass is 10.4. The fraction of sp³-hybridized carbons (Fsp3) is 0.111. The molecule has 0 aliphatic heterocycles. The summed E-state index contributed by atoms with van der Waals surface area (Å²) in [6, 6.07) is 0. The summed E-state index contributed by atoms with van der Waals surface area (Å²) >= 11 is 5.60. The maximum absolute atomic E-state index is 10.4. The number of anilines is 1. The van der Waals surface area contributed by atoms with Crippen molar-refractivity contribution in [3.63, 3.8) is 0 Å². The van der Waals surface area contributed by atoms with Gasteiger partial charge >= 0.3 is 6.09 Å². The number of nitrogens with one attached hydrogen (secondary N) is 1. The van der Waals surface area contributed by atoms with Crippen molar-refractivity contribution in [3.05, 3.63) is 35.6 Å². The van der Waals surface area contributed by atoms with Crippen LogP contribution >= 0.6 is 11.6 Å². The Morgan fingerprint density at radius 3 is 2.88 bits per heavy atom. The van der Waals surface area contributed by atoms with E-state index in [-0.39, 0.29) is 0 Å². The third-order valence-corrected chi connectivity index (χ3v) is 2.08. The Labute approximate surface area is 101 Å². The first-order chi connectivity index (χ1) is 8.13. The maximum atomic E-state index is 10.4. The van der Waals surface area contributed by atoms with E-state index >= 15 is 0 Å². The van der Waals surface area contributed by atoms with Crippen molar-refractivity contribution in [2.45, 2.75) is 6.54 Å². The Balaban J connectivity index is 2.06. The second-order valence-electron chi connectivity index (χ2n) is 3.19. The number of aromatic nitrogens is 4. The number of rotatable bonds is 3. The fourth-order valence-electron chi connectivity index (χ4n) is 1.22. The van der Waals surface area contributed by atoms with E-state index in [9.17, 15) is 4.79 Å². The predicted octanol–water partition coefficient (Wildman–Crippen LogP) is 1.46. The molecule has 0 spiro atoms. The van der Waals surface area contributed by atoms with Gasteiger partial charge in [0.25, 0.3) is 0 Å². The lowest BCUT2D eigenvalue weighted by Crippen LogP contribution is -2.06. The smallest absolute Gasteiger partial charge is 0.409 e. The lowest BCUT2D eigenvalue weighted by molar-refractivity contribution is 0.210. The number of carbonyl (C=O) groups is 1. The summed E-state index contributed by atoms with van der Waals surface area (Å²) in [7, 11) is 0. The zero-order valence-electron chi connectivity index (χ0n) is 8.54. The summed E-state index contributed by atoms with van der Waals surface area (Å²) in [4.78, 5) is 18.3. The molecule has 0 fully saturated rings. The van der Waals surface area contributed by atoms with Gasteiger partial charge in [-0.25, -0.2) is 9.78 Å². The quantitative estimate of drug-likeness (QED) is 0.864. The van der Waals surface area contributed by atoms with Gasteiger partial charge in [0.05, 0.1) is 36.5 Å². The van der Waals surface area contributed by atoms with E-state index in [1.807, 2.05) is 0 Å². The van der Waals surface area contributed by atoms with Crippen LogP contribution in [0.3, 0.4) is 0 Å². The molecule has 0 aromatic carbocycles. The van der Waals surface area contributed by atoms with Gasteiger partial charge in [0.15, 0.2) is 0 Å². The molecule has 2 aromatic rings. The highest BCUT2D eigenvalue weighted by Gasteiger charge is 2.03. The van der Waals surface area contributed by atoms with Crippen LogP contribution < -0.4 is 5.32 Å². The molecule has 0 saturated carbocycles. The highest BCUT2D eigenvalue weighted by molar-refractivity contribution is 6.29. The molecule has 7 nitrogen and oxygen atoms in total. The largest absolute Gasteiger partial charge is 0.465 e. The van der Waals surface area contributed by atoms with E-state index in [1.54, 1.807) is 10.9 Å². The molecule has 0 aliphatic rings. The van der Waals surface area contributed by atoms with E-state index in [0.29, 0.717) is 23.1 Å². The van der Waals surface area contributed by atoms with E-state index in [1.165, 1.54) is 18.6 Å². The van der Waals surface area contributed by atoms with Crippen LogP contribution in [-0.2, 0) is 6.54 Å². The van der Waals surface area contributed by atoms with Crippen LogP contribution in [-0.4, -0.2) is 30.9 Å². The van der Waals surface area contributed by atoms with Crippen molar-refractivity contribution in [2.75, 3.05) is 5.32 Å². The molecular weight excluding hydrogens is 246 g/mol. The topological polar surface area (TPSA) is 92.9 Å². The Morgan fingerprint density at radius 1 is 1.41 bits per heavy atom. The normalized spacial score (nSPS) is 10.2. The zero-order valence-corrected chi connectivity index (χ0v) is 9.29. The third-order valence-electron chi connectivity index (χ3n) is 1.88. The molecule has 2 heterocycles. The second kappa shape index (κ2) is 4.79. The lowest BCUT2D eigenvalue weighted by Gasteiger charge is -2.00. The van der Waals surface area contributed by atoms with E-state index < -0.39 is 6.09 Å². The van der Waals surface area contributed by atoms with Crippen molar-refractivity contribution in [2.24, 2.45) is 0 Å². The van der Waals surface area contributed by atoms with Gasteiger partial charge in [0.1, 0.15) is 5.15 Å². The monoisotopic (exact) mass is 253 g/mol. The number of carboxylic acid groups (broad SMARTS) is 1. The Kier molecular flexibility index (Phi) is 3.20. The predicted molar refractivity (Wildman–Crippen MR) is 60.0 cm³/mol. The van der Waals surface area contributed by atoms with Crippen LogP contribution in [0.2, 0.25) is 5.15 Å². The molecule has 8 heteroatoms. The number of nitrogens with zero attached hydrogens (tertiary/aromatic N) is 4. The van der Waals surface area contributed by atoms with Crippen LogP contribution in [0.25, 0.3) is 0 Å². The standard InChI is InChI=1S/C9H8ClN5O2/c10-8-3-11-6(1-12-8)4-15-5-7(2-13-15)14-9(16)17/h1-3,5,14H,4H2,(H,16,17). The van der Waals surface area contributed by atoms with Gasteiger partial charge in [-0.15, -0.1) is 0 Å². The zero-order chi connectivity index (χ0) is 12.3. The number of hydrogen-bond donors (Lipinski definition) is 2. The average Bonchev–Trinajstić information content (AvgIpc) is 2.68. The Hall–Kier alpha value is -2.15. The van der Waals surface area contributed by atoms with Gasteiger partial charge in [-0.2, -0.15) is 5.10 Å². The molecule has 0 radical (unpaired) electrons. The van der Waals surface area contributed by atoms with Gasteiger partial charge < -0.3 is 5.11 Å². The molecule has 0 atom stereocenters. The molecule has 1 amide bonds. The van der Waals surface area contributed by atoms with Gasteiger partial charge in [-0.1, -0.05) is 11.6 Å². The minimum absolute atomic E-state index is 0.322. The van der Waals surface area contributed by atoms with Gasteiger partial charge in [-0.05, 0) is 0 Å². The van der Waals surface area contributed by atoms with Crippen molar-refractivity contribution in [1.82, 2.24) is 19.7 Å². The summed E-state index contributed by atoms with van der Waals surface area (Å²) in [5.41, 5.74) is 1.08.